The number of carboxylic acid groups (broad SMARTS) is 2. The minimum Gasteiger partial charge on any atom is -0.493 e. The molecule has 2 rings (SSSR count). The molecule has 0 saturated heterocycles. The Kier molecular flexibility index (Phi) is 4.22. The first-order valence-electron chi connectivity index (χ1n) is 6.13. The number of hydrogen-bond donors (Lipinski definition) is 2. The fourth-order valence-corrected chi connectivity index (χ4v) is 1.79. The van der Waals surface area contributed by atoms with E-state index in [1.165, 1.54) is 6.92 Å². The fraction of sp³-hybridized carbons (Fsp3) is 0.214. The zero-order chi connectivity index (χ0) is 15.4. The molecule has 0 atom stereocenters. The van der Waals surface area contributed by atoms with Crippen molar-refractivity contribution in [2.24, 2.45) is 0 Å². The monoisotopic (exact) mass is 291 g/mol. The van der Waals surface area contributed by atoms with Crippen LogP contribution in [0.3, 0.4) is 0 Å². The summed E-state index contributed by atoms with van der Waals surface area (Å²) < 4.78 is 10.2. The molecule has 0 saturated carbocycles. The average molecular weight is 291 g/mol. The van der Waals surface area contributed by atoms with Crippen molar-refractivity contribution in [2.75, 3.05) is 6.61 Å². The van der Waals surface area contributed by atoms with E-state index in [2.05, 4.69) is 5.16 Å². The van der Waals surface area contributed by atoms with Crippen LogP contribution in [-0.4, -0.2) is 33.9 Å². The second kappa shape index (κ2) is 6.08. The summed E-state index contributed by atoms with van der Waals surface area (Å²) >= 11 is 0. The van der Waals surface area contributed by atoms with Crippen molar-refractivity contribution in [3.63, 3.8) is 0 Å². The van der Waals surface area contributed by atoms with Crippen LogP contribution in [0.5, 0.6) is 5.75 Å². The summed E-state index contributed by atoms with van der Waals surface area (Å²) in [6.45, 7) is 1.60. The van der Waals surface area contributed by atoms with Gasteiger partial charge in [-0.3, -0.25) is 4.79 Å². The summed E-state index contributed by atoms with van der Waals surface area (Å²) in [7, 11) is 0. The highest BCUT2D eigenvalue weighted by atomic mass is 16.5. The molecule has 0 unspecified atom stereocenters. The number of benzene rings is 1. The quantitative estimate of drug-likeness (QED) is 0.839. The molecule has 1 aromatic heterocycles. The van der Waals surface area contributed by atoms with Gasteiger partial charge >= 0.3 is 11.9 Å². The van der Waals surface area contributed by atoms with Crippen LogP contribution in [0.2, 0.25) is 0 Å². The van der Waals surface area contributed by atoms with E-state index in [0.717, 1.165) is 0 Å². The summed E-state index contributed by atoms with van der Waals surface area (Å²) in [5.74, 6) is -1.31. The summed E-state index contributed by atoms with van der Waals surface area (Å²) in [4.78, 5) is 21.5. The van der Waals surface area contributed by atoms with Gasteiger partial charge in [-0.25, -0.2) is 4.79 Å². The SMILES string of the molecule is Cc1onc(-c2ccc(OCCC(=O)O)cc2)c1C(=O)O. The molecule has 0 amide bonds. The third kappa shape index (κ3) is 3.38. The molecule has 110 valence electrons. The number of ether oxygens (including phenoxy) is 1. The van der Waals surface area contributed by atoms with Crippen LogP contribution >= 0.6 is 0 Å². The zero-order valence-corrected chi connectivity index (χ0v) is 11.2. The van der Waals surface area contributed by atoms with Gasteiger partial charge in [0.25, 0.3) is 0 Å². The number of rotatable bonds is 6. The summed E-state index contributed by atoms with van der Waals surface area (Å²) in [6.07, 6.45) is -0.0899. The molecule has 1 heterocycles. The molecule has 7 heteroatoms. The molecule has 0 aliphatic heterocycles. The molecule has 7 nitrogen and oxygen atoms in total. The molecule has 21 heavy (non-hydrogen) atoms. The molecule has 0 aliphatic carbocycles. The van der Waals surface area contributed by atoms with E-state index in [0.29, 0.717) is 11.3 Å². The van der Waals surface area contributed by atoms with Gasteiger partial charge in [0.05, 0.1) is 13.0 Å². The Balaban J connectivity index is 2.16. The Morgan fingerprint density at radius 2 is 1.90 bits per heavy atom. The van der Waals surface area contributed by atoms with E-state index in [1.807, 2.05) is 0 Å². The first-order valence-corrected chi connectivity index (χ1v) is 6.13. The number of aromatic nitrogens is 1. The molecule has 2 N–H and O–H groups in total. The van der Waals surface area contributed by atoms with Gasteiger partial charge in [0, 0.05) is 5.56 Å². The van der Waals surface area contributed by atoms with Crippen molar-refractivity contribution in [3.05, 3.63) is 35.6 Å². The zero-order valence-electron chi connectivity index (χ0n) is 11.2. The first kappa shape index (κ1) is 14.6. The topological polar surface area (TPSA) is 110 Å². The van der Waals surface area contributed by atoms with Crippen LogP contribution in [-0.2, 0) is 4.79 Å². The van der Waals surface area contributed by atoms with Crippen LogP contribution < -0.4 is 4.74 Å². The van der Waals surface area contributed by atoms with Gasteiger partial charge in [-0.05, 0) is 31.2 Å². The van der Waals surface area contributed by atoms with E-state index in [1.54, 1.807) is 24.3 Å². The molecule has 2 aromatic rings. The van der Waals surface area contributed by atoms with Gasteiger partial charge in [-0.2, -0.15) is 0 Å². The predicted octanol–water partition coefficient (Wildman–Crippen LogP) is 2.20. The van der Waals surface area contributed by atoms with Crippen molar-refractivity contribution in [3.8, 4) is 17.0 Å². The van der Waals surface area contributed by atoms with Crippen LogP contribution in [0, 0.1) is 6.92 Å². The molecule has 0 spiro atoms. The first-order chi connectivity index (χ1) is 9.99. The number of nitrogens with zero attached hydrogens (tertiary/aromatic N) is 1. The molecule has 0 bridgehead atoms. The lowest BCUT2D eigenvalue weighted by atomic mass is 10.1. The highest BCUT2D eigenvalue weighted by Gasteiger charge is 2.20. The number of aryl methyl sites for hydroxylation is 1. The van der Waals surface area contributed by atoms with Crippen molar-refractivity contribution in [1.29, 1.82) is 0 Å². The second-order valence-electron chi connectivity index (χ2n) is 4.28. The van der Waals surface area contributed by atoms with Crippen LogP contribution in [0.4, 0.5) is 0 Å². The molecule has 1 aromatic carbocycles. The van der Waals surface area contributed by atoms with Crippen molar-refractivity contribution < 1.29 is 29.1 Å². The van der Waals surface area contributed by atoms with Gasteiger partial charge < -0.3 is 19.5 Å². The number of aromatic carboxylic acids is 1. The normalized spacial score (nSPS) is 10.3. The number of carboxylic acids is 2. The third-order valence-electron chi connectivity index (χ3n) is 2.79. The van der Waals surface area contributed by atoms with Crippen molar-refractivity contribution in [2.45, 2.75) is 13.3 Å². The van der Waals surface area contributed by atoms with E-state index in [4.69, 9.17) is 19.5 Å². The van der Waals surface area contributed by atoms with E-state index < -0.39 is 11.9 Å². The fourth-order valence-electron chi connectivity index (χ4n) is 1.79. The Morgan fingerprint density at radius 1 is 1.24 bits per heavy atom. The van der Waals surface area contributed by atoms with Crippen LogP contribution in [0.1, 0.15) is 22.5 Å². The number of aliphatic carboxylic acids is 1. The average Bonchev–Trinajstić information content (AvgIpc) is 2.81. The molecule has 0 radical (unpaired) electrons. The lowest BCUT2D eigenvalue weighted by molar-refractivity contribution is -0.137. The second-order valence-corrected chi connectivity index (χ2v) is 4.28. The highest BCUT2D eigenvalue weighted by Crippen LogP contribution is 2.26. The lowest BCUT2D eigenvalue weighted by Crippen LogP contribution is -2.04. The van der Waals surface area contributed by atoms with Crippen LogP contribution in [0.25, 0.3) is 11.3 Å². The highest BCUT2D eigenvalue weighted by molar-refractivity contribution is 5.95. The maximum Gasteiger partial charge on any atom is 0.341 e. The van der Waals surface area contributed by atoms with Gasteiger partial charge in [0.15, 0.2) is 0 Å². The van der Waals surface area contributed by atoms with E-state index in [9.17, 15) is 9.59 Å². The maximum atomic E-state index is 11.2. The van der Waals surface area contributed by atoms with Gasteiger partial charge in [0.1, 0.15) is 22.8 Å². The van der Waals surface area contributed by atoms with Gasteiger partial charge in [-0.1, -0.05) is 5.16 Å². The largest absolute Gasteiger partial charge is 0.493 e. The molecule has 0 fully saturated rings. The minimum atomic E-state index is -1.11. The van der Waals surface area contributed by atoms with Crippen LogP contribution in [0.15, 0.2) is 28.8 Å². The van der Waals surface area contributed by atoms with E-state index >= 15 is 0 Å². The summed E-state index contributed by atoms with van der Waals surface area (Å²) in [5, 5.41) is 21.4. The van der Waals surface area contributed by atoms with E-state index in [-0.39, 0.29) is 30.0 Å². The minimum absolute atomic E-state index is 0.0227. The molecule has 0 aliphatic rings. The number of hydrogen-bond acceptors (Lipinski definition) is 5. The van der Waals surface area contributed by atoms with Crippen molar-refractivity contribution >= 4 is 11.9 Å². The summed E-state index contributed by atoms with van der Waals surface area (Å²) in [6, 6.07) is 6.51. The number of carbonyl (C=O) groups is 2. The lowest BCUT2D eigenvalue weighted by Gasteiger charge is -2.05. The Labute approximate surface area is 119 Å². The van der Waals surface area contributed by atoms with Gasteiger partial charge in [-0.15, -0.1) is 0 Å². The third-order valence-corrected chi connectivity index (χ3v) is 2.79. The Morgan fingerprint density at radius 3 is 2.48 bits per heavy atom. The molecular weight excluding hydrogens is 278 g/mol. The molecular formula is C14H13NO6. The smallest absolute Gasteiger partial charge is 0.341 e. The predicted molar refractivity (Wildman–Crippen MR) is 71.4 cm³/mol. The Hall–Kier alpha value is -2.83. The van der Waals surface area contributed by atoms with Gasteiger partial charge in [0.2, 0.25) is 0 Å². The van der Waals surface area contributed by atoms with Crippen molar-refractivity contribution in [1.82, 2.24) is 5.16 Å². The maximum absolute atomic E-state index is 11.2. The standard InChI is InChI=1S/C14H13NO6/c1-8-12(14(18)19)13(15-21-8)9-2-4-10(5-3-9)20-7-6-11(16)17/h2-5H,6-7H2,1H3,(H,16,17)(H,18,19). The summed E-state index contributed by atoms with van der Waals surface area (Å²) in [5.41, 5.74) is 0.849. The Bertz CT molecular complexity index is 659.